The van der Waals surface area contributed by atoms with Crippen LogP contribution in [0.2, 0.25) is 0 Å². The van der Waals surface area contributed by atoms with Crippen molar-refractivity contribution in [3.63, 3.8) is 0 Å². The highest BCUT2D eigenvalue weighted by Gasteiger charge is 2.12. The number of fused-ring (bicyclic) bond motifs is 1. The topological polar surface area (TPSA) is 103 Å². The van der Waals surface area contributed by atoms with Crippen molar-refractivity contribution in [1.29, 1.82) is 0 Å². The van der Waals surface area contributed by atoms with Crippen LogP contribution in [0.25, 0.3) is 10.9 Å². The predicted molar refractivity (Wildman–Crippen MR) is 76.6 cm³/mol. The highest BCUT2D eigenvalue weighted by molar-refractivity contribution is 8.14. The Bertz CT molecular complexity index is 766. The number of nitro benzene ring substituents is 1. The van der Waals surface area contributed by atoms with Gasteiger partial charge in [-0.25, -0.2) is 18.4 Å². The van der Waals surface area contributed by atoms with Crippen LogP contribution in [-0.2, 0) is 9.05 Å². The number of rotatable bonds is 5. The Kier molecular flexibility index (Phi) is 4.41. The van der Waals surface area contributed by atoms with E-state index in [1.807, 2.05) is 0 Å². The molecule has 1 heterocycles. The number of nitro groups is 1. The summed E-state index contributed by atoms with van der Waals surface area (Å²) in [7, 11) is 1.55. The molecule has 0 bridgehead atoms. The molecule has 10 heteroatoms. The number of halogens is 1. The zero-order chi connectivity index (χ0) is 14.8. The van der Waals surface area contributed by atoms with Gasteiger partial charge in [-0.2, -0.15) is 0 Å². The van der Waals surface area contributed by atoms with Gasteiger partial charge in [0, 0.05) is 34.0 Å². The monoisotopic (exact) mass is 333 g/mol. The van der Waals surface area contributed by atoms with Crippen molar-refractivity contribution in [3.05, 3.63) is 34.6 Å². The van der Waals surface area contributed by atoms with E-state index in [0.717, 1.165) is 11.8 Å². The van der Waals surface area contributed by atoms with E-state index in [2.05, 4.69) is 9.97 Å². The zero-order valence-corrected chi connectivity index (χ0v) is 12.3. The van der Waals surface area contributed by atoms with Crippen molar-refractivity contribution in [2.75, 3.05) is 11.5 Å². The Hall–Kier alpha value is -1.45. The Labute approximate surface area is 122 Å². The first-order valence-corrected chi connectivity index (χ1v) is 8.77. The lowest BCUT2D eigenvalue weighted by Gasteiger charge is -2.03. The number of hydrogen-bond acceptors (Lipinski definition) is 7. The highest BCUT2D eigenvalue weighted by atomic mass is 35.7. The van der Waals surface area contributed by atoms with E-state index in [1.54, 1.807) is 0 Å². The van der Waals surface area contributed by atoms with Gasteiger partial charge < -0.3 is 0 Å². The number of benzene rings is 1. The molecule has 0 saturated heterocycles. The van der Waals surface area contributed by atoms with Gasteiger partial charge in [-0.3, -0.25) is 10.1 Å². The van der Waals surface area contributed by atoms with Gasteiger partial charge in [0.05, 0.1) is 16.2 Å². The molecule has 0 amide bonds. The van der Waals surface area contributed by atoms with Crippen LogP contribution in [0.1, 0.15) is 0 Å². The van der Waals surface area contributed by atoms with Gasteiger partial charge in [-0.15, -0.1) is 11.8 Å². The molecule has 106 valence electrons. The number of nitrogens with zero attached hydrogens (tertiary/aromatic N) is 3. The van der Waals surface area contributed by atoms with Crippen LogP contribution in [0.4, 0.5) is 5.69 Å². The minimum atomic E-state index is -3.57. The lowest BCUT2D eigenvalue weighted by Crippen LogP contribution is -2.00. The molecule has 0 saturated carbocycles. The maximum Gasteiger partial charge on any atom is 0.270 e. The molecule has 0 radical (unpaired) electrons. The third-order valence-corrected chi connectivity index (χ3v) is 4.78. The first-order valence-electron chi connectivity index (χ1n) is 5.31. The molecule has 0 spiro atoms. The van der Waals surface area contributed by atoms with Gasteiger partial charge >= 0.3 is 0 Å². The van der Waals surface area contributed by atoms with Gasteiger partial charge in [0.2, 0.25) is 9.05 Å². The molecule has 2 rings (SSSR count). The number of aromatic nitrogens is 2. The molecular formula is C10H8ClN3O4S2. The summed E-state index contributed by atoms with van der Waals surface area (Å²) in [5.41, 5.74) is 0.487. The van der Waals surface area contributed by atoms with Crippen LogP contribution < -0.4 is 0 Å². The minimum absolute atomic E-state index is 0.0703. The second-order valence-electron chi connectivity index (χ2n) is 3.73. The average molecular weight is 334 g/mol. The van der Waals surface area contributed by atoms with Crippen molar-refractivity contribution in [2.45, 2.75) is 5.03 Å². The summed E-state index contributed by atoms with van der Waals surface area (Å²) in [5.74, 6) is 0.000282. The third-order valence-electron chi connectivity index (χ3n) is 2.36. The van der Waals surface area contributed by atoms with Crippen molar-refractivity contribution in [2.24, 2.45) is 0 Å². The van der Waals surface area contributed by atoms with Gasteiger partial charge in [-0.1, -0.05) is 0 Å². The molecule has 20 heavy (non-hydrogen) atoms. The standard InChI is InChI=1S/C10H8ClN3O4S2/c11-20(17,18)4-3-19-10-8-5-7(14(15)16)1-2-9(8)12-6-13-10/h1-2,5-6H,3-4H2. The predicted octanol–water partition coefficient (Wildman–Crippen LogP) is 2.20. The van der Waals surface area contributed by atoms with Gasteiger partial charge in [-0.05, 0) is 6.07 Å². The summed E-state index contributed by atoms with van der Waals surface area (Å²) in [6, 6.07) is 4.25. The van der Waals surface area contributed by atoms with E-state index in [9.17, 15) is 18.5 Å². The maximum absolute atomic E-state index is 10.9. The van der Waals surface area contributed by atoms with Crippen LogP contribution in [0, 0.1) is 10.1 Å². The summed E-state index contributed by atoms with van der Waals surface area (Å²) in [6.07, 6.45) is 1.33. The Morgan fingerprint density at radius 1 is 1.35 bits per heavy atom. The van der Waals surface area contributed by atoms with Crippen LogP contribution in [0.15, 0.2) is 29.6 Å². The molecule has 0 N–H and O–H groups in total. The molecule has 1 aromatic carbocycles. The number of non-ortho nitro benzene ring substituents is 1. The second-order valence-corrected chi connectivity index (χ2v) is 7.71. The molecule has 7 nitrogen and oxygen atoms in total. The Morgan fingerprint density at radius 2 is 2.10 bits per heavy atom. The first kappa shape index (κ1) is 14.9. The highest BCUT2D eigenvalue weighted by Crippen LogP contribution is 2.27. The molecule has 0 aliphatic carbocycles. The lowest BCUT2D eigenvalue weighted by molar-refractivity contribution is -0.384. The van der Waals surface area contributed by atoms with Gasteiger partial charge in [0.25, 0.3) is 5.69 Å². The van der Waals surface area contributed by atoms with E-state index in [0.29, 0.717) is 15.9 Å². The molecule has 0 atom stereocenters. The average Bonchev–Trinajstić information content (AvgIpc) is 2.37. The number of hydrogen-bond donors (Lipinski definition) is 0. The second kappa shape index (κ2) is 5.90. The van der Waals surface area contributed by atoms with Crippen LogP contribution >= 0.6 is 22.4 Å². The fourth-order valence-corrected chi connectivity index (χ4v) is 3.82. The molecule has 2 aromatic rings. The minimum Gasteiger partial charge on any atom is -0.258 e. The van der Waals surface area contributed by atoms with Crippen molar-refractivity contribution >= 4 is 48.1 Å². The summed E-state index contributed by atoms with van der Waals surface area (Å²) in [4.78, 5) is 18.3. The van der Waals surface area contributed by atoms with E-state index in [-0.39, 0.29) is 17.2 Å². The van der Waals surface area contributed by atoms with E-state index < -0.39 is 14.0 Å². The molecule has 0 fully saturated rings. The lowest BCUT2D eigenvalue weighted by atomic mass is 10.2. The SMILES string of the molecule is O=[N+]([O-])c1ccc2ncnc(SCCS(=O)(=O)Cl)c2c1. The fraction of sp³-hybridized carbons (Fsp3) is 0.200. The normalized spacial score (nSPS) is 11.7. The summed E-state index contributed by atoms with van der Waals surface area (Å²) in [5, 5.41) is 11.8. The van der Waals surface area contributed by atoms with E-state index in [4.69, 9.17) is 10.7 Å². The largest absolute Gasteiger partial charge is 0.270 e. The molecule has 0 aliphatic heterocycles. The summed E-state index contributed by atoms with van der Waals surface area (Å²) < 4.78 is 21.7. The van der Waals surface area contributed by atoms with Crippen LogP contribution in [0.5, 0.6) is 0 Å². The molecule has 0 unspecified atom stereocenters. The van der Waals surface area contributed by atoms with Crippen LogP contribution in [-0.4, -0.2) is 34.8 Å². The van der Waals surface area contributed by atoms with Crippen molar-refractivity contribution in [3.8, 4) is 0 Å². The van der Waals surface area contributed by atoms with Crippen molar-refractivity contribution < 1.29 is 13.3 Å². The van der Waals surface area contributed by atoms with Crippen LogP contribution in [0.3, 0.4) is 0 Å². The Morgan fingerprint density at radius 3 is 2.75 bits per heavy atom. The molecule has 0 aliphatic rings. The molecular weight excluding hydrogens is 326 g/mol. The Balaban J connectivity index is 2.32. The van der Waals surface area contributed by atoms with Gasteiger partial charge in [0.1, 0.15) is 11.4 Å². The fourth-order valence-electron chi connectivity index (χ4n) is 1.49. The summed E-state index contributed by atoms with van der Waals surface area (Å²) >= 11 is 1.16. The maximum atomic E-state index is 10.9. The number of thioether (sulfide) groups is 1. The third kappa shape index (κ3) is 3.78. The van der Waals surface area contributed by atoms with E-state index in [1.165, 1.54) is 24.5 Å². The van der Waals surface area contributed by atoms with Gasteiger partial charge in [0.15, 0.2) is 0 Å². The summed E-state index contributed by atoms with van der Waals surface area (Å²) in [6.45, 7) is 0. The first-order chi connectivity index (χ1) is 9.37. The van der Waals surface area contributed by atoms with E-state index >= 15 is 0 Å². The quantitative estimate of drug-likeness (QED) is 0.271. The smallest absolute Gasteiger partial charge is 0.258 e. The molecule has 1 aromatic heterocycles. The zero-order valence-electron chi connectivity index (χ0n) is 9.89. The van der Waals surface area contributed by atoms with Crippen molar-refractivity contribution in [1.82, 2.24) is 9.97 Å².